The molecule has 0 radical (unpaired) electrons. The van der Waals surface area contributed by atoms with Gasteiger partial charge < -0.3 is 5.73 Å². The minimum atomic E-state index is -2.45. The van der Waals surface area contributed by atoms with Crippen LogP contribution in [0.15, 0.2) is 12.1 Å². The van der Waals surface area contributed by atoms with E-state index in [9.17, 15) is 8.78 Å². The number of halogens is 2. The standard InChI is InChI=1S/C8H10F2N2/c1-5-2-6(8(9)10)3-7(4-11)12-5/h2-3,8H,4,11H2,1H3. The monoisotopic (exact) mass is 172 g/mol. The first-order valence-corrected chi connectivity index (χ1v) is 3.59. The van der Waals surface area contributed by atoms with Gasteiger partial charge in [0.1, 0.15) is 0 Å². The number of rotatable bonds is 2. The lowest BCUT2D eigenvalue weighted by molar-refractivity contribution is 0.151. The van der Waals surface area contributed by atoms with E-state index in [4.69, 9.17) is 5.73 Å². The third-order valence-corrected chi connectivity index (χ3v) is 1.49. The number of pyridine rings is 1. The lowest BCUT2D eigenvalue weighted by Crippen LogP contribution is -2.02. The molecule has 2 nitrogen and oxygen atoms in total. The zero-order valence-corrected chi connectivity index (χ0v) is 6.72. The predicted octanol–water partition coefficient (Wildman–Crippen LogP) is 1.79. The molecule has 2 N–H and O–H groups in total. The summed E-state index contributed by atoms with van der Waals surface area (Å²) in [5, 5.41) is 0. The van der Waals surface area contributed by atoms with Gasteiger partial charge in [0.05, 0.1) is 5.69 Å². The smallest absolute Gasteiger partial charge is 0.263 e. The van der Waals surface area contributed by atoms with Crippen LogP contribution in [0.4, 0.5) is 8.78 Å². The van der Waals surface area contributed by atoms with E-state index in [1.165, 1.54) is 12.1 Å². The summed E-state index contributed by atoms with van der Waals surface area (Å²) in [6, 6.07) is 2.70. The van der Waals surface area contributed by atoms with E-state index < -0.39 is 6.43 Å². The Morgan fingerprint density at radius 3 is 2.67 bits per heavy atom. The molecule has 0 aliphatic carbocycles. The maximum absolute atomic E-state index is 12.2. The first-order chi connectivity index (χ1) is 5.63. The van der Waals surface area contributed by atoms with E-state index in [2.05, 4.69) is 4.98 Å². The molecule has 0 spiro atoms. The van der Waals surface area contributed by atoms with Crippen LogP contribution in [0.1, 0.15) is 23.4 Å². The molecule has 12 heavy (non-hydrogen) atoms. The second-order valence-electron chi connectivity index (χ2n) is 2.54. The lowest BCUT2D eigenvalue weighted by Gasteiger charge is -2.03. The normalized spacial score (nSPS) is 10.8. The van der Waals surface area contributed by atoms with E-state index >= 15 is 0 Å². The molecule has 1 rings (SSSR count). The zero-order chi connectivity index (χ0) is 9.14. The van der Waals surface area contributed by atoms with E-state index in [1.807, 2.05) is 0 Å². The predicted molar refractivity (Wildman–Crippen MR) is 41.8 cm³/mol. The second-order valence-corrected chi connectivity index (χ2v) is 2.54. The molecule has 0 aromatic carbocycles. The number of nitrogens with two attached hydrogens (primary N) is 1. The second kappa shape index (κ2) is 3.58. The molecule has 4 heteroatoms. The molecule has 0 saturated carbocycles. The van der Waals surface area contributed by atoms with Crippen molar-refractivity contribution in [1.82, 2.24) is 4.98 Å². The summed E-state index contributed by atoms with van der Waals surface area (Å²) in [5.74, 6) is 0. The Bertz CT molecular complexity index is 274. The highest BCUT2D eigenvalue weighted by molar-refractivity contribution is 5.21. The van der Waals surface area contributed by atoms with Crippen LogP contribution in [0.2, 0.25) is 0 Å². The van der Waals surface area contributed by atoms with Crippen molar-refractivity contribution in [2.45, 2.75) is 19.9 Å². The van der Waals surface area contributed by atoms with E-state index in [-0.39, 0.29) is 12.1 Å². The maximum Gasteiger partial charge on any atom is 0.263 e. The molecular weight excluding hydrogens is 162 g/mol. The third-order valence-electron chi connectivity index (χ3n) is 1.49. The van der Waals surface area contributed by atoms with Gasteiger partial charge >= 0.3 is 0 Å². The van der Waals surface area contributed by atoms with Gasteiger partial charge in [-0.15, -0.1) is 0 Å². The Labute approximate surface area is 69.4 Å². The number of alkyl halides is 2. The fraction of sp³-hybridized carbons (Fsp3) is 0.375. The van der Waals surface area contributed by atoms with Crippen molar-refractivity contribution in [3.63, 3.8) is 0 Å². The summed E-state index contributed by atoms with van der Waals surface area (Å²) in [4.78, 5) is 3.98. The Morgan fingerprint density at radius 1 is 1.50 bits per heavy atom. The molecule has 1 heterocycles. The fourth-order valence-electron chi connectivity index (χ4n) is 0.997. The van der Waals surface area contributed by atoms with Crippen molar-refractivity contribution < 1.29 is 8.78 Å². The minimum Gasteiger partial charge on any atom is -0.325 e. The van der Waals surface area contributed by atoms with E-state index in [0.29, 0.717) is 11.4 Å². The van der Waals surface area contributed by atoms with Crippen molar-refractivity contribution in [3.8, 4) is 0 Å². The number of aryl methyl sites for hydroxylation is 1. The fourth-order valence-corrected chi connectivity index (χ4v) is 0.997. The Morgan fingerprint density at radius 2 is 2.17 bits per heavy atom. The van der Waals surface area contributed by atoms with Crippen LogP contribution in [0.25, 0.3) is 0 Å². The Kier molecular flexibility index (Phi) is 2.70. The van der Waals surface area contributed by atoms with Crippen molar-refractivity contribution in [2.75, 3.05) is 0 Å². The van der Waals surface area contributed by atoms with Gasteiger partial charge in [-0.2, -0.15) is 0 Å². The summed E-state index contributed by atoms with van der Waals surface area (Å²) in [5.41, 5.74) is 6.35. The molecule has 1 aromatic rings. The van der Waals surface area contributed by atoms with Gasteiger partial charge in [0.15, 0.2) is 0 Å². The summed E-state index contributed by atoms with van der Waals surface area (Å²) >= 11 is 0. The van der Waals surface area contributed by atoms with Crippen molar-refractivity contribution in [2.24, 2.45) is 5.73 Å². The van der Waals surface area contributed by atoms with Gasteiger partial charge in [-0.3, -0.25) is 4.98 Å². The SMILES string of the molecule is Cc1cc(C(F)F)cc(CN)n1. The van der Waals surface area contributed by atoms with Crippen LogP contribution in [-0.2, 0) is 6.54 Å². The largest absolute Gasteiger partial charge is 0.325 e. The van der Waals surface area contributed by atoms with Gasteiger partial charge in [0.2, 0.25) is 0 Å². The Balaban J connectivity index is 3.06. The molecule has 0 bridgehead atoms. The topological polar surface area (TPSA) is 38.9 Å². The maximum atomic E-state index is 12.2. The average molecular weight is 172 g/mol. The highest BCUT2D eigenvalue weighted by Crippen LogP contribution is 2.19. The summed E-state index contributed by atoms with van der Waals surface area (Å²) in [6.07, 6.45) is -2.45. The first-order valence-electron chi connectivity index (χ1n) is 3.59. The molecule has 0 saturated heterocycles. The van der Waals surface area contributed by atoms with E-state index in [0.717, 1.165) is 0 Å². The quantitative estimate of drug-likeness (QED) is 0.738. The van der Waals surface area contributed by atoms with Crippen LogP contribution in [0.3, 0.4) is 0 Å². The van der Waals surface area contributed by atoms with Crippen molar-refractivity contribution in [3.05, 3.63) is 29.1 Å². The molecule has 1 aromatic heterocycles. The van der Waals surface area contributed by atoms with E-state index in [1.54, 1.807) is 6.92 Å². The highest BCUT2D eigenvalue weighted by Gasteiger charge is 2.08. The average Bonchev–Trinajstić information content (AvgIpc) is 2.03. The summed E-state index contributed by atoms with van der Waals surface area (Å²) < 4.78 is 24.4. The summed E-state index contributed by atoms with van der Waals surface area (Å²) in [7, 11) is 0. The lowest BCUT2D eigenvalue weighted by atomic mass is 10.2. The Hall–Kier alpha value is -1.03. The number of nitrogens with zero attached hydrogens (tertiary/aromatic N) is 1. The highest BCUT2D eigenvalue weighted by atomic mass is 19.3. The first kappa shape index (κ1) is 9.06. The molecule has 0 unspecified atom stereocenters. The molecule has 0 atom stereocenters. The molecule has 0 fully saturated rings. The van der Waals surface area contributed by atoms with Crippen LogP contribution in [0, 0.1) is 6.92 Å². The van der Waals surface area contributed by atoms with Crippen LogP contribution < -0.4 is 5.73 Å². The van der Waals surface area contributed by atoms with Crippen molar-refractivity contribution in [1.29, 1.82) is 0 Å². The number of hydrogen-bond acceptors (Lipinski definition) is 2. The van der Waals surface area contributed by atoms with Gasteiger partial charge in [0, 0.05) is 17.8 Å². The molecule has 0 amide bonds. The van der Waals surface area contributed by atoms with Gasteiger partial charge in [0.25, 0.3) is 6.43 Å². The van der Waals surface area contributed by atoms with Crippen LogP contribution >= 0.6 is 0 Å². The number of hydrogen-bond donors (Lipinski definition) is 1. The summed E-state index contributed by atoms with van der Waals surface area (Å²) in [6.45, 7) is 1.87. The van der Waals surface area contributed by atoms with Crippen molar-refractivity contribution >= 4 is 0 Å². The molecule has 0 aliphatic heterocycles. The minimum absolute atomic E-state index is 0.0112. The molecule has 66 valence electrons. The number of aromatic nitrogens is 1. The van der Waals surface area contributed by atoms with Crippen LogP contribution in [0.5, 0.6) is 0 Å². The van der Waals surface area contributed by atoms with Gasteiger partial charge in [-0.05, 0) is 19.1 Å². The molecular formula is C8H10F2N2. The zero-order valence-electron chi connectivity index (χ0n) is 6.72. The van der Waals surface area contributed by atoms with Gasteiger partial charge in [-0.1, -0.05) is 0 Å². The van der Waals surface area contributed by atoms with Gasteiger partial charge in [-0.25, -0.2) is 8.78 Å². The van der Waals surface area contributed by atoms with Crippen LogP contribution in [-0.4, -0.2) is 4.98 Å². The molecule has 0 aliphatic rings. The third kappa shape index (κ3) is 1.98.